The average Bonchev–Trinajstić information content (AvgIpc) is 2.52. The lowest BCUT2D eigenvalue weighted by Gasteiger charge is -2.41. The van der Waals surface area contributed by atoms with E-state index in [-0.39, 0.29) is 17.6 Å². The molecular weight excluding hydrogens is 370 g/mol. The van der Waals surface area contributed by atoms with Gasteiger partial charge in [-0.2, -0.15) is 0 Å². The molecular formula is C22H37NO4Si. The Bertz CT molecular complexity index is 704. The fourth-order valence-electron chi connectivity index (χ4n) is 3.52. The highest BCUT2D eigenvalue weighted by Crippen LogP contribution is 2.39. The first kappa shape index (κ1) is 22.8. The molecule has 1 amide bonds. The molecule has 1 heterocycles. The first-order valence-electron chi connectivity index (χ1n) is 10.2. The molecule has 0 saturated heterocycles. The molecule has 1 aliphatic rings. The Morgan fingerprint density at radius 1 is 1.21 bits per heavy atom. The lowest BCUT2D eigenvalue weighted by molar-refractivity contribution is -0.0240. The van der Waals surface area contributed by atoms with Crippen molar-refractivity contribution in [1.29, 1.82) is 0 Å². The second-order valence-electron chi connectivity index (χ2n) is 10.0. The van der Waals surface area contributed by atoms with E-state index in [2.05, 4.69) is 39.2 Å². The fourth-order valence-corrected chi connectivity index (χ4v) is 4.69. The van der Waals surface area contributed by atoms with Crippen LogP contribution < -0.4 is 10.1 Å². The van der Waals surface area contributed by atoms with Crippen LogP contribution >= 0.6 is 0 Å². The minimum atomic E-state index is -1.20. The topological polar surface area (TPSA) is 56.8 Å². The van der Waals surface area contributed by atoms with E-state index in [9.17, 15) is 4.79 Å². The van der Waals surface area contributed by atoms with Crippen LogP contribution in [-0.2, 0) is 15.6 Å². The molecule has 6 heteroatoms. The zero-order valence-corrected chi connectivity index (χ0v) is 20.1. The zero-order valence-electron chi connectivity index (χ0n) is 18.9. The highest BCUT2D eigenvalue weighted by Gasteiger charge is 2.37. The maximum absolute atomic E-state index is 12.2. The first-order valence-corrected chi connectivity index (χ1v) is 13.0. The highest BCUT2D eigenvalue weighted by molar-refractivity contribution is 6.48. The van der Waals surface area contributed by atoms with Gasteiger partial charge in [0, 0.05) is 5.56 Å². The van der Waals surface area contributed by atoms with E-state index in [1.54, 1.807) is 0 Å². The predicted octanol–water partition coefficient (Wildman–Crippen LogP) is 5.45. The van der Waals surface area contributed by atoms with Crippen LogP contribution in [0.15, 0.2) is 12.1 Å². The molecule has 2 rings (SSSR count). The summed E-state index contributed by atoms with van der Waals surface area (Å²) in [5, 5.41) is 2.86. The van der Waals surface area contributed by atoms with Crippen molar-refractivity contribution in [3.05, 3.63) is 23.3 Å². The van der Waals surface area contributed by atoms with E-state index in [0.29, 0.717) is 0 Å². The molecule has 0 spiro atoms. The smallest absolute Gasteiger partial charge is 0.412 e. The molecule has 1 aliphatic heterocycles. The first-order chi connectivity index (χ1) is 12.8. The summed E-state index contributed by atoms with van der Waals surface area (Å²) in [5.41, 5.74) is 2.30. The van der Waals surface area contributed by atoms with Crippen LogP contribution in [0.4, 0.5) is 10.5 Å². The van der Waals surface area contributed by atoms with Gasteiger partial charge >= 0.3 is 6.09 Å². The van der Waals surface area contributed by atoms with E-state index in [1.807, 2.05) is 39.8 Å². The number of amides is 1. The van der Waals surface area contributed by atoms with Crippen molar-refractivity contribution in [2.45, 2.75) is 92.2 Å². The second-order valence-corrected chi connectivity index (χ2v) is 12.4. The third kappa shape index (κ3) is 5.98. The number of carbonyl (C=O) groups is 1. The molecule has 2 unspecified atom stereocenters. The van der Waals surface area contributed by atoms with Crippen molar-refractivity contribution in [2.75, 3.05) is 5.32 Å². The molecule has 0 aliphatic carbocycles. The van der Waals surface area contributed by atoms with Crippen molar-refractivity contribution in [2.24, 2.45) is 5.41 Å². The van der Waals surface area contributed by atoms with Gasteiger partial charge in [0.15, 0.2) is 9.04 Å². The minimum absolute atomic E-state index is 0.000278. The van der Waals surface area contributed by atoms with Gasteiger partial charge in [0.05, 0.1) is 11.8 Å². The summed E-state index contributed by atoms with van der Waals surface area (Å²) < 4.78 is 18.2. The van der Waals surface area contributed by atoms with Gasteiger partial charge in [0.2, 0.25) is 0 Å². The molecule has 28 heavy (non-hydrogen) atoms. The van der Waals surface area contributed by atoms with E-state index in [4.69, 9.17) is 13.9 Å². The van der Waals surface area contributed by atoms with Gasteiger partial charge in [-0.25, -0.2) is 4.79 Å². The number of benzene rings is 1. The Kier molecular flexibility index (Phi) is 6.87. The SMILES string of the molecule is Cc1c(NC(=O)OC(C)(C)C)ccc2c1OC(C(O[SiH](C)C)C(C)(C)C)CC2. The molecule has 0 radical (unpaired) electrons. The average molecular weight is 408 g/mol. The normalized spacial score (nSPS) is 18.3. The molecule has 0 aromatic heterocycles. The van der Waals surface area contributed by atoms with Crippen LogP contribution in [0.2, 0.25) is 13.1 Å². The maximum Gasteiger partial charge on any atom is 0.412 e. The number of aryl methyl sites for hydroxylation is 1. The molecule has 2 atom stereocenters. The molecule has 158 valence electrons. The van der Waals surface area contributed by atoms with Gasteiger partial charge < -0.3 is 13.9 Å². The Labute approximate surface area is 171 Å². The van der Waals surface area contributed by atoms with Crippen LogP contribution in [0.5, 0.6) is 5.75 Å². The molecule has 1 aromatic rings. The van der Waals surface area contributed by atoms with Gasteiger partial charge in [0.1, 0.15) is 17.5 Å². The third-order valence-corrected chi connectivity index (χ3v) is 5.54. The molecule has 0 bridgehead atoms. The lowest BCUT2D eigenvalue weighted by atomic mass is 9.83. The van der Waals surface area contributed by atoms with Crippen LogP contribution in [0, 0.1) is 12.3 Å². The molecule has 1 N–H and O–H groups in total. The number of nitrogens with one attached hydrogen (secondary N) is 1. The zero-order chi connectivity index (χ0) is 21.3. The van der Waals surface area contributed by atoms with Crippen molar-refractivity contribution in [3.63, 3.8) is 0 Å². The Balaban J connectivity index is 2.24. The van der Waals surface area contributed by atoms with Crippen LogP contribution in [-0.4, -0.2) is 32.9 Å². The Hall–Kier alpha value is -1.53. The maximum atomic E-state index is 12.2. The quantitative estimate of drug-likeness (QED) is 0.674. The van der Waals surface area contributed by atoms with Gasteiger partial charge in [-0.3, -0.25) is 5.32 Å². The number of rotatable bonds is 4. The monoisotopic (exact) mass is 407 g/mol. The van der Waals surface area contributed by atoms with Crippen molar-refractivity contribution < 1.29 is 18.7 Å². The van der Waals surface area contributed by atoms with Crippen molar-refractivity contribution >= 4 is 20.8 Å². The molecule has 0 fully saturated rings. The Morgan fingerprint density at radius 2 is 1.86 bits per heavy atom. The van der Waals surface area contributed by atoms with Crippen LogP contribution in [0.25, 0.3) is 0 Å². The van der Waals surface area contributed by atoms with Gasteiger partial charge in [0.25, 0.3) is 0 Å². The second kappa shape index (κ2) is 8.45. The summed E-state index contributed by atoms with van der Waals surface area (Å²) in [6.07, 6.45) is 1.49. The number of hydrogen-bond acceptors (Lipinski definition) is 4. The van der Waals surface area contributed by atoms with Gasteiger partial charge in [-0.15, -0.1) is 0 Å². The van der Waals surface area contributed by atoms with E-state index in [1.165, 1.54) is 5.56 Å². The summed E-state index contributed by atoms with van der Waals surface area (Å²) in [6, 6.07) is 3.97. The number of carbonyl (C=O) groups excluding carboxylic acids is 1. The lowest BCUT2D eigenvalue weighted by Crippen LogP contribution is -2.47. The highest BCUT2D eigenvalue weighted by atomic mass is 28.3. The van der Waals surface area contributed by atoms with Crippen molar-refractivity contribution in [1.82, 2.24) is 0 Å². The predicted molar refractivity (Wildman–Crippen MR) is 117 cm³/mol. The van der Waals surface area contributed by atoms with Crippen LogP contribution in [0.1, 0.15) is 59.1 Å². The van der Waals surface area contributed by atoms with Gasteiger partial charge in [-0.05, 0) is 70.7 Å². The van der Waals surface area contributed by atoms with Crippen LogP contribution in [0.3, 0.4) is 0 Å². The number of fused-ring (bicyclic) bond motifs is 1. The Morgan fingerprint density at radius 3 is 2.39 bits per heavy atom. The van der Waals surface area contributed by atoms with E-state index < -0.39 is 20.7 Å². The summed E-state index contributed by atoms with van der Waals surface area (Å²) in [4.78, 5) is 12.2. The van der Waals surface area contributed by atoms with E-state index in [0.717, 1.165) is 29.8 Å². The van der Waals surface area contributed by atoms with Crippen molar-refractivity contribution in [3.8, 4) is 5.75 Å². The summed E-state index contributed by atoms with van der Waals surface area (Å²) in [7, 11) is -1.20. The molecule has 5 nitrogen and oxygen atoms in total. The summed E-state index contributed by atoms with van der Waals surface area (Å²) in [6.45, 7) is 18.6. The minimum Gasteiger partial charge on any atom is -0.487 e. The third-order valence-electron chi connectivity index (χ3n) is 4.70. The largest absolute Gasteiger partial charge is 0.487 e. The standard InChI is InChI=1S/C22H37NO4Si/c1-14-16(23-20(24)26-22(5,6)7)12-10-15-11-13-17(25-18(14)15)19(21(2,3)4)27-28(8)9/h10,12,17,19,28H,11,13H2,1-9H3,(H,23,24). The summed E-state index contributed by atoms with van der Waals surface area (Å²) in [5.74, 6) is 0.869. The number of hydrogen-bond donors (Lipinski definition) is 1. The van der Waals surface area contributed by atoms with E-state index >= 15 is 0 Å². The number of ether oxygens (including phenoxy) is 2. The van der Waals surface area contributed by atoms with Gasteiger partial charge in [-0.1, -0.05) is 26.8 Å². The molecule has 1 aromatic carbocycles. The molecule has 0 saturated carbocycles. The fraction of sp³-hybridized carbons (Fsp3) is 0.682. The summed E-state index contributed by atoms with van der Waals surface area (Å²) >= 11 is 0. The number of anilines is 1.